The second-order valence-electron chi connectivity index (χ2n) is 6.54. The van der Waals surface area contributed by atoms with Gasteiger partial charge in [-0.3, -0.25) is 14.8 Å². The Morgan fingerprint density at radius 3 is 2.77 bits per heavy atom. The van der Waals surface area contributed by atoms with Gasteiger partial charge in [-0.1, -0.05) is 36.7 Å². The zero-order valence-corrected chi connectivity index (χ0v) is 18.1. The molecular formula is C20H21ClN4O4S. The van der Waals surface area contributed by atoms with Gasteiger partial charge in [0, 0.05) is 17.0 Å². The van der Waals surface area contributed by atoms with Crippen molar-refractivity contribution < 1.29 is 19.1 Å². The number of ether oxygens (including phenoxy) is 1. The lowest BCUT2D eigenvalue weighted by Gasteiger charge is -2.06. The van der Waals surface area contributed by atoms with Crippen LogP contribution in [0.25, 0.3) is 10.2 Å². The van der Waals surface area contributed by atoms with Crippen LogP contribution in [0.5, 0.6) is 0 Å². The van der Waals surface area contributed by atoms with E-state index in [9.17, 15) is 14.4 Å². The molecule has 0 saturated carbocycles. The van der Waals surface area contributed by atoms with E-state index in [4.69, 9.17) is 16.3 Å². The third-order valence-corrected chi connectivity index (χ3v) is 5.71. The molecule has 0 spiro atoms. The molecule has 1 aromatic carbocycles. The first-order valence-corrected chi connectivity index (χ1v) is 10.5. The zero-order chi connectivity index (χ0) is 21.7. The maximum atomic E-state index is 12.4. The molecule has 3 rings (SSSR count). The van der Waals surface area contributed by atoms with Gasteiger partial charge in [0.05, 0.1) is 12.2 Å². The second-order valence-corrected chi connectivity index (χ2v) is 7.98. The number of aryl methyl sites for hydroxylation is 1. The number of halogens is 1. The van der Waals surface area contributed by atoms with Gasteiger partial charge in [0.15, 0.2) is 6.61 Å². The monoisotopic (exact) mass is 448 g/mol. The Morgan fingerprint density at radius 1 is 1.27 bits per heavy atom. The number of aromatic nitrogens is 2. The fourth-order valence-electron chi connectivity index (χ4n) is 2.76. The molecule has 2 N–H and O–H groups in total. The molecule has 8 nitrogen and oxygen atoms in total. The molecule has 2 heterocycles. The van der Waals surface area contributed by atoms with E-state index in [0.29, 0.717) is 23.0 Å². The number of nitrogens with one attached hydrogen (secondary N) is 2. The summed E-state index contributed by atoms with van der Waals surface area (Å²) in [6, 6.07) is 8.58. The van der Waals surface area contributed by atoms with Crippen LogP contribution in [0.4, 0.5) is 4.79 Å². The molecule has 0 aliphatic heterocycles. The summed E-state index contributed by atoms with van der Waals surface area (Å²) in [5.41, 5.74) is 1.69. The number of amides is 3. The van der Waals surface area contributed by atoms with Crippen LogP contribution in [0.1, 0.15) is 34.3 Å². The number of hydrogen-bond acceptors (Lipinski definition) is 6. The van der Waals surface area contributed by atoms with Crippen LogP contribution in [-0.2, 0) is 16.1 Å². The standard InChI is InChI=1S/C20H21ClN4O4S/c1-3-8-22-20(28)23-17(26)11-29-19(27)16-9-14-12(2)24-25(18(14)30-16)10-13-6-4-5-7-15(13)21/h4-7,9H,3,8,10-11H2,1-2H3,(H2,22,23,26,28). The van der Waals surface area contributed by atoms with Crippen LogP contribution < -0.4 is 10.6 Å². The molecule has 3 amide bonds. The van der Waals surface area contributed by atoms with Crippen molar-refractivity contribution in [3.63, 3.8) is 0 Å². The molecule has 3 aromatic rings. The largest absolute Gasteiger partial charge is 0.451 e. The maximum absolute atomic E-state index is 12.4. The van der Waals surface area contributed by atoms with E-state index < -0.39 is 24.5 Å². The Hall–Kier alpha value is -2.91. The molecule has 0 aliphatic rings. The number of carbonyl (C=O) groups excluding carboxylic acids is 3. The van der Waals surface area contributed by atoms with Crippen molar-refractivity contribution in [3.8, 4) is 0 Å². The fourth-order valence-corrected chi connectivity index (χ4v) is 4.01. The number of imide groups is 1. The van der Waals surface area contributed by atoms with Crippen molar-refractivity contribution >= 4 is 51.1 Å². The van der Waals surface area contributed by atoms with E-state index in [1.54, 1.807) is 10.7 Å². The smallest absolute Gasteiger partial charge is 0.348 e. The number of urea groups is 1. The van der Waals surface area contributed by atoms with Crippen molar-refractivity contribution in [1.82, 2.24) is 20.4 Å². The summed E-state index contributed by atoms with van der Waals surface area (Å²) in [5, 5.41) is 10.6. The minimum absolute atomic E-state index is 0.349. The van der Waals surface area contributed by atoms with Crippen LogP contribution in [0.2, 0.25) is 5.02 Å². The summed E-state index contributed by atoms with van der Waals surface area (Å²) < 4.78 is 6.83. The molecule has 158 valence electrons. The van der Waals surface area contributed by atoms with E-state index in [0.717, 1.165) is 27.9 Å². The van der Waals surface area contributed by atoms with Gasteiger partial charge < -0.3 is 10.1 Å². The number of nitrogens with zero attached hydrogens (tertiary/aromatic N) is 2. The van der Waals surface area contributed by atoms with Crippen molar-refractivity contribution in [2.45, 2.75) is 26.8 Å². The number of thiophene rings is 1. The van der Waals surface area contributed by atoms with Crippen molar-refractivity contribution in [2.24, 2.45) is 0 Å². The molecule has 30 heavy (non-hydrogen) atoms. The minimum atomic E-state index is -0.695. The fraction of sp³-hybridized carbons (Fsp3) is 0.300. The molecule has 0 atom stereocenters. The Bertz CT molecular complexity index is 1090. The molecule has 0 saturated heterocycles. The molecule has 2 aromatic heterocycles. The quantitative estimate of drug-likeness (QED) is 0.538. The highest BCUT2D eigenvalue weighted by molar-refractivity contribution is 7.20. The normalized spacial score (nSPS) is 10.8. The van der Waals surface area contributed by atoms with Crippen molar-refractivity contribution in [2.75, 3.05) is 13.2 Å². The Morgan fingerprint density at radius 2 is 2.03 bits per heavy atom. The average Bonchev–Trinajstić information content (AvgIpc) is 3.27. The Kier molecular flexibility index (Phi) is 7.07. The Labute approximate surface area is 182 Å². The first kappa shape index (κ1) is 21.8. The van der Waals surface area contributed by atoms with E-state index in [-0.39, 0.29) is 0 Å². The summed E-state index contributed by atoms with van der Waals surface area (Å²) in [5.74, 6) is -1.33. The van der Waals surface area contributed by atoms with Gasteiger partial charge in [-0.05, 0) is 31.0 Å². The number of benzene rings is 1. The van der Waals surface area contributed by atoms with Crippen LogP contribution >= 0.6 is 22.9 Å². The first-order valence-electron chi connectivity index (χ1n) is 9.34. The van der Waals surface area contributed by atoms with Crippen molar-refractivity contribution in [1.29, 1.82) is 0 Å². The molecule has 10 heteroatoms. The van der Waals surface area contributed by atoms with Gasteiger partial charge in [0.2, 0.25) is 0 Å². The van der Waals surface area contributed by atoms with Crippen LogP contribution in [0, 0.1) is 6.92 Å². The van der Waals surface area contributed by atoms with E-state index in [2.05, 4.69) is 15.7 Å². The van der Waals surface area contributed by atoms with Gasteiger partial charge in [-0.2, -0.15) is 5.10 Å². The highest BCUT2D eigenvalue weighted by Gasteiger charge is 2.19. The molecule has 0 fully saturated rings. The number of rotatable bonds is 7. The van der Waals surface area contributed by atoms with Crippen LogP contribution in [-0.4, -0.2) is 40.8 Å². The van der Waals surface area contributed by atoms with Gasteiger partial charge in [0.1, 0.15) is 9.71 Å². The second kappa shape index (κ2) is 9.73. The number of esters is 1. The highest BCUT2D eigenvalue weighted by Crippen LogP contribution is 2.30. The summed E-state index contributed by atoms with van der Waals surface area (Å²) >= 11 is 7.47. The summed E-state index contributed by atoms with van der Waals surface area (Å²) in [7, 11) is 0. The minimum Gasteiger partial charge on any atom is -0.451 e. The lowest BCUT2D eigenvalue weighted by molar-refractivity contribution is -0.123. The predicted octanol–water partition coefficient (Wildman–Crippen LogP) is 3.50. The molecule has 0 radical (unpaired) electrons. The average molecular weight is 449 g/mol. The third-order valence-electron chi connectivity index (χ3n) is 4.21. The maximum Gasteiger partial charge on any atom is 0.348 e. The van der Waals surface area contributed by atoms with E-state index in [1.165, 1.54) is 11.3 Å². The molecule has 0 bridgehead atoms. The first-order chi connectivity index (χ1) is 14.4. The molecular weight excluding hydrogens is 428 g/mol. The third kappa shape index (κ3) is 5.17. The zero-order valence-electron chi connectivity index (χ0n) is 16.5. The van der Waals surface area contributed by atoms with E-state index in [1.807, 2.05) is 38.1 Å². The predicted molar refractivity (Wildman–Crippen MR) is 115 cm³/mol. The molecule has 0 unspecified atom stereocenters. The van der Waals surface area contributed by atoms with E-state index >= 15 is 0 Å². The Balaban J connectivity index is 1.67. The SMILES string of the molecule is CCCNC(=O)NC(=O)COC(=O)c1cc2c(C)nn(Cc3ccccc3Cl)c2s1. The summed E-state index contributed by atoms with van der Waals surface area (Å²) in [6.45, 7) is 4.12. The van der Waals surface area contributed by atoms with Gasteiger partial charge in [0.25, 0.3) is 5.91 Å². The topological polar surface area (TPSA) is 102 Å². The highest BCUT2D eigenvalue weighted by atomic mass is 35.5. The number of fused-ring (bicyclic) bond motifs is 1. The number of carbonyl (C=O) groups is 3. The summed E-state index contributed by atoms with van der Waals surface area (Å²) in [6.07, 6.45) is 0.746. The van der Waals surface area contributed by atoms with Crippen LogP contribution in [0.15, 0.2) is 30.3 Å². The molecule has 0 aliphatic carbocycles. The van der Waals surface area contributed by atoms with Gasteiger partial charge >= 0.3 is 12.0 Å². The lowest BCUT2D eigenvalue weighted by Crippen LogP contribution is -2.41. The van der Waals surface area contributed by atoms with Crippen LogP contribution in [0.3, 0.4) is 0 Å². The summed E-state index contributed by atoms with van der Waals surface area (Å²) in [4.78, 5) is 36.7. The van der Waals surface area contributed by atoms with Gasteiger partial charge in [-0.15, -0.1) is 11.3 Å². The lowest BCUT2D eigenvalue weighted by atomic mass is 10.2. The van der Waals surface area contributed by atoms with Gasteiger partial charge in [-0.25, -0.2) is 9.59 Å². The number of hydrogen-bond donors (Lipinski definition) is 2. The van der Waals surface area contributed by atoms with Crippen molar-refractivity contribution in [3.05, 3.63) is 51.5 Å².